The average Bonchev–Trinajstić information content (AvgIpc) is 2.86. The highest BCUT2D eigenvalue weighted by Gasteiger charge is 2.16. The molecule has 1 aromatic carbocycles. The van der Waals surface area contributed by atoms with E-state index < -0.39 is 11.8 Å². The van der Waals surface area contributed by atoms with Gasteiger partial charge in [0.2, 0.25) is 0 Å². The van der Waals surface area contributed by atoms with Gasteiger partial charge in [0.15, 0.2) is 0 Å². The zero-order valence-corrected chi connectivity index (χ0v) is 11.4. The van der Waals surface area contributed by atoms with Gasteiger partial charge in [-0.3, -0.25) is 4.79 Å². The molecule has 0 aliphatic rings. The van der Waals surface area contributed by atoms with Crippen molar-refractivity contribution in [3.8, 4) is 5.75 Å². The predicted molar refractivity (Wildman–Crippen MR) is 74.2 cm³/mol. The fourth-order valence-corrected chi connectivity index (χ4v) is 2.72. The number of hydrogen-bond donors (Lipinski definition) is 3. The summed E-state index contributed by atoms with van der Waals surface area (Å²) >= 11 is 1.47. The maximum atomic E-state index is 13.2. The second-order valence-corrected chi connectivity index (χ2v) is 5.34. The molecule has 0 amide bonds. The molecule has 0 aliphatic carbocycles. The number of benzene rings is 1. The van der Waals surface area contributed by atoms with Crippen LogP contribution in [-0.2, 0) is 11.3 Å². The number of carboxylic acid groups (broad SMARTS) is 1. The van der Waals surface area contributed by atoms with Crippen LogP contribution < -0.4 is 5.32 Å². The first-order chi connectivity index (χ1) is 9.54. The largest absolute Gasteiger partial charge is 0.508 e. The van der Waals surface area contributed by atoms with Gasteiger partial charge in [0.1, 0.15) is 11.6 Å². The highest BCUT2D eigenvalue weighted by molar-refractivity contribution is 7.10. The molecule has 0 bridgehead atoms. The topological polar surface area (TPSA) is 69.6 Å². The zero-order chi connectivity index (χ0) is 14.5. The van der Waals surface area contributed by atoms with Crippen LogP contribution >= 0.6 is 11.3 Å². The molecule has 0 saturated heterocycles. The molecular weight excluding hydrogens is 281 g/mol. The van der Waals surface area contributed by atoms with Crippen LogP contribution in [-0.4, -0.2) is 16.2 Å². The van der Waals surface area contributed by atoms with E-state index in [0.717, 1.165) is 10.9 Å². The zero-order valence-electron chi connectivity index (χ0n) is 10.5. The Bertz CT molecular complexity index is 566. The van der Waals surface area contributed by atoms with E-state index in [-0.39, 0.29) is 24.8 Å². The van der Waals surface area contributed by atoms with E-state index in [2.05, 4.69) is 5.32 Å². The van der Waals surface area contributed by atoms with Crippen molar-refractivity contribution in [2.24, 2.45) is 0 Å². The summed E-state index contributed by atoms with van der Waals surface area (Å²) in [4.78, 5) is 11.8. The van der Waals surface area contributed by atoms with Crippen LogP contribution in [0.4, 0.5) is 4.39 Å². The van der Waals surface area contributed by atoms with Gasteiger partial charge < -0.3 is 15.5 Å². The molecule has 4 nitrogen and oxygen atoms in total. The van der Waals surface area contributed by atoms with E-state index in [9.17, 15) is 14.3 Å². The number of carboxylic acids is 1. The van der Waals surface area contributed by atoms with Crippen LogP contribution in [0.2, 0.25) is 0 Å². The molecule has 6 heteroatoms. The SMILES string of the molecule is O=C(O)CC(NCc1cc(O)cc(F)c1)c1cccs1. The summed E-state index contributed by atoms with van der Waals surface area (Å²) in [7, 11) is 0. The molecule has 2 aromatic rings. The number of phenols is 1. The molecule has 2 rings (SSSR count). The molecule has 1 atom stereocenters. The standard InChI is InChI=1S/C14H14FNO3S/c15-10-4-9(5-11(17)6-10)8-16-12(7-14(18)19)13-2-1-3-20-13/h1-6,12,16-17H,7-8H2,(H,18,19). The van der Waals surface area contributed by atoms with Gasteiger partial charge in [-0.1, -0.05) is 6.07 Å². The third kappa shape index (κ3) is 4.04. The monoisotopic (exact) mass is 295 g/mol. The van der Waals surface area contributed by atoms with Crippen LogP contribution in [0, 0.1) is 5.82 Å². The van der Waals surface area contributed by atoms with E-state index in [4.69, 9.17) is 5.11 Å². The molecule has 20 heavy (non-hydrogen) atoms. The van der Waals surface area contributed by atoms with Crippen LogP contribution in [0.25, 0.3) is 0 Å². The third-order valence-electron chi connectivity index (χ3n) is 2.76. The van der Waals surface area contributed by atoms with Crippen LogP contribution in [0.5, 0.6) is 5.75 Å². The quantitative estimate of drug-likeness (QED) is 0.766. The number of thiophene rings is 1. The Kier molecular flexibility index (Phi) is 4.70. The number of aromatic hydroxyl groups is 1. The minimum atomic E-state index is -0.905. The number of carbonyl (C=O) groups is 1. The third-order valence-corrected chi connectivity index (χ3v) is 3.75. The van der Waals surface area contributed by atoms with Gasteiger partial charge >= 0.3 is 5.97 Å². The summed E-state index contributed by atoms with van der Waals surface area (Å²) in [6, 6.07) is 7.15. The van der Waals surface area contributed by atoms with Crippen LogP contribution in [0.3, 0.4) is 0 Å². The number of halogens is 1. The lowest BCUT2D eigenvalue weighted by molar-refractivity contribution is -0.137. The Morgan fingerprint density at radius 2 is 2.20 bits per heavy atom. The molecule has 0 spiro atoms. The van der Waals surface area contributed by atoms with Gasteiger partial charge in [-0.25, -0.2) is 4.39 Å². The lowest BCUT2D eigenvalue weighted by Gasteiger charge is -2.15. The van der Waals surface area contributed by atoms with Crippen molar-refractivity contribution in [2.75, 3.05) is 0 Å². The van der Waals surface area contributed by atoms with Gasteiger partial charge in [0.05, 0.1) is 12.5 Å². The minimum absolute atomic E-state index is 0.0538. The summed E-state index contributed by atoms with van der Waals surface area (Å²) in [6.07, 6.45) is -0.0538. The summed E-state index contributed by atoms with van der Waals surface area (Å²) in [5.41, 5.74) is 0.564. The minimum Gasteiger partial charge on any atom is -0.508 e. The lowest BCUT2D eigenvalue weighted by atomic mass is 10.1. The van der Waals surface area contributed by atoms with Crippen molar-refractivity contribution in [3.05, 3.63) is 52.0 Å². The first kappa shape index (κ1) is 14.5. The smallest absolute Gasteiger partial charge is 0.305 e. The Hall–Kier alpha value is -1.92. The Balaban J connectivity index is 2.06. The Morgan fingerprint density at radius 3 is 2.80 bits per heavy atom. The molecular formula is C14H14FNO3S. The van der Waals surface area contributed by atoms with Crippen molar-refractivity contribution in [1.29, 1.82) is 0 Å². The summed E-state index contributed by atoms with van der Waals surface area (Å²) in [5.74, 6) is -1.57. The van der Waals surface area contributed by atoms with Crippen molar-refractivity contribution in [1.82, 2.24) is 5.32 Å². The highest BCUT2D eigenvalue weighted by Crippen LogP contribution is 2.23. The maximum absolute atomic E-state index is 13.2. The summed E-state index contributed by atoms with van der Waals surface area (Å²) < 4.78 is 13.2. The fraction of sp³-hybridized carbons (Fsp3) is 0.214. The summed E-state index contributed by atoms with van der Waals surface area (Å²) in [5, 5.41) is 23.2. The molecule has 0 saturated carbocycles. The molecule has 3 N–H and O–H groups in total. The molecule has 0 aliphatic heterocycles. The first-order valence-electron chi connectivity index (χ1n) is 6.01. The Labute approximate surface area is 119 Å². The van der Waals surface area contributed by atoms with Crippen molar-refractivity contribution in [2.45, 2.75) is 19.0 Å². The van der Waals surface area contributed by atoms with Gasteiger partial charge in [-0.2, -0.15) is 0 Å². The molecule has 0 fully saturated rings. The van der Waals surface area contributed by atoms with Gasteiger partial charge in [0.25, 0.3) is 0 Å². The van der Waals surface area contributed by atoms with E-state index in [1.807, 2.05) is 17.5 Å². The predicted octanol–water partition coefficient (Wildman–Crippen LogP) is 2.90. The average molecular weight is 295 g/mol. The highest BCUT2D eigenvalue weighted by atomic mass is 32.1. The second-order valence-electron chi connectivity index (χ2n) is 4.36. The molecule has 0 radical (unpaired) electrons. The van der Waals surface area contributed by atoms with E-state index >= 15 is 0 Å². The van der Waals surface area contributed by atoms with Crippen molar-refractivity contribution in [3.63, 3.8) is 0 Å². The van der Waals surface area contributed by atoms with Gasteiger partial charge in [-0.15, -0.1) is 11.3 Å². The van der Waals surface area contributed by atoms with Gasteiger partial charge in [0, 0.05) is 17.5 Å². The number of phenolic OH excluding ortho intramolecular Hbond substituents is 1. The molecule has 1 heterocycles. The molecule has 1 aromatic heterocycles. The maximum Gasteiger partial charge on any atom is 0.305 e. The van der Waals surface area contributed by atoms with Crippen LogP contribution in [0.15, 0.2) is 35.7 Å². The number of hydrogen-bond acceptors (Lipinski definition) is 4. The summed E-state index contributed by atoms with van der Waals surface area (Å²) in [6.45, 7) is 0.279. The van der Waals surface area contributed by atoms with Crippen molar-refractivity contribution < 1.29 is 19.4 Å². The lowest BCUT2D eigenvalue weighted by Crippen LogP contribution is -2.22. The van der Waals surface area contributed by atoms with Gasteiger partial charge in [-0.05, 0) is 29.1 Å². The first-order valence-corrected chi connectivity index (χ1v) is 6.89. The molecule has 1 unspecified atom stereocenters. The fourth-order valence-electron chi connectivity index (χ4n) is 1.91. The number of aliphatic carboxylic acids is 1. The van der Waals surface area contributed by atoms with E-state index in [1.165, 1.54) is 23.5 Å². The van der Waals surface area contributed by atoms with Crippen molar-refractivity contribution >= 4 is 17.3 Å². The number of nitrogens with one attached hydrogen (secondary N) is 1. The number of rotatable bonds is 6. The molecule has 106 valence electrons. The second kappa shape index (κ2) is 6.49. The normalized spacial score (nSPS) is 12.2. The van der Waals surface area contributed by atoms with E-state index in [1.54, 1.807) is 0 Å². The van der Waals surface area contributed by atoms with E-state index in [0.29, 0.717) is 5.56 Å². The van der Waals surface area contributed by atoms with Crippen LogP contribution in [0.1, 0.15) is 22.9 Å². The Morgan fingerprint density at radius 1 is 1.40 bits per heavy atom.